The second kappa shape index (κ2) is 7.17. The molecular formula is C18H21N3O5. The number of fused-ring (bicyclic) bond motifs is 1. The number of hydrogen-bond acceptors (Lipinski definition) is 5. The first-order valence-electron chi connectivity index (χ1n) is 8.33. The van der Waals surface area contributed by atoms with E-state index in [-0.39, 0.29) is 31.3 Å². The van der Waals surface area contributed by atoms with Crippen LogP contribution in [0, 0.1) is 6.92 Å². The second-order valence-electron chi connectivity index (χ2n) is 6.21. The number of ether oxygens (including phenoxy) is 1. The second-order valence-corrected chi connectivity index (χ2v) is 6.21. The average Bonchev–Trinajstić information content (AvgIpc) is 2.99. The summed E-state index contributed by atoms with van der Waals surface area (Å²) in [6.07, 6.45) is 0.482. The molecule has 0 radical (unpaired) electrons. The van der Waals surface area contributed by atoms with Gasteiger partial charge in [0.25, 0.3) is 5.91 Å². The first kappa shape index (κ1) is 17.9. The zero-order chi connectivity index (χ0) is 18.8. The Kier molecular flexibility index (Phi) is 4.94. The lowest BCUT2D eigenvalue weighted by Gasteiger charge is -2.28. The zero-order valence-corrected chi connectivity index (χ0v) is 14.7. The SMILES string of the molecule is COc1cc(C)ccc1C(=O)N1CCc2c(c(C(=O)O)nn2CCO)C1. The number of aryl methyl sites for hydroxylation is 1. The van der Waals surface area contributed by atoms with Gasteiger partial charge in [-0.2, -0.15) is 5.10 Å². The molecular weight excluding hydrogens is 338 g/mol. The summed E-state index contributed by atoms with van der Waals surface area (Å²) < 4.78 is 6.84. The number of carboxylic acids is 1. The summed E-state index contributed by atoms with van der Waals surface area (Å²) in [5.41, 5.74) is 2.65. The summed E-state index contributed by atoms with van der Waals surface area (Å²) >= 11 is 0. The highest BCUT2D eigenvalue weighted by Crippen LogP contribution is 2.27. The molecule has 1 aromatic heterocycles. The van der Waals surface area contributed by atoms with Crippen molar-refractivity contribution in [3.05, 3.63) is 46.3 Å². The van der Waals surface area contributed by atoms with E-state index < -0.39 is 5.97 Å². The van der Waals surface area contributed by atoms with Crippen molar-refractivity contribution < 1.29 is 24.5 Å². The van der Waals surface area contributed by atoms with Gasteiger partial charge in [0.2, 0.25) is 0 Å². The van der Waals surface area contributed by atoms with Crippen molar-refractivity contribution in [2.75, 3.05) is 20.3 Å². The van der Waals surface area contributed by atoms with Gasteiger partial charge >= 0.3 is 5.97 Å². The third-order valence-corrected chi connectivity index (χ3v) is 4.52. The van der Waals surface area contributed by atoms with Crippen molar-refractivity contribution in [3.8, 4) is 5.75 Å². The van der Waals surface area contributed by atoms with E-state index in [1.807, 2.05) is 13.0 Å². The highest BCUT2D eigenvalue weighted by Gasteiger charge is 2.31. The number of carboxylic acid groups (broad SMARTS) is 1. The van der Waals surface area contributed by atoms with Crippen LogP contribution in [0.5, 0.6) is 5.75 Å². The summed E-state index contributed by atoms with van der Waals surface area (Å²) in [5.74, 6) is -0.853. The third kappa shape index (κ3) is 3.15. The fourth-order valence-corrected chi connectivity index (χ4v) is 3.26. The van der Waals surface area contributed by atoms with Gasteiger partial charge in [-0.3, -0.25) is 9.48 Å². The monoisotopic (exact) mass is 359 g/mol. The molecule has 0 spiro atoms. The molecule has 0 aliphatic carbocycles. The molecule has 2 heterocycles. The van der Waals surface area contributed by atoms with Crippen LogP contribution < -0.4 is 4.74 Å². The number of methoxy groups -OCH3 is 1. The van der Waals surface area contributed by atoms with Crippen LogP contribution in [0.1, 0.15) is 37.7 Å². The molecule has 26 heavy (non-hydrogen) atoms. The van der Waals surface area contributed by atoms with Gasteiger partial charge < -0.3 is 19.8 Å². The molecule has 1 aliphatic heterocycles. The van der Waals surface area contributed by atoms with Crippen molar-refractivity contribution in [1.82, 2.24) is 14.7 Å². The lowest BCUT2D eigenvalue weighted by molar-refractivity contribution is 0.0673. The highest BCUT2D eigenvalue weighted by atomic mass is 16.5. The van der Waals surface area contributed by atoms with E-state index in [9.17, 15) is 14.7 Å². The zero-order valence-electron chi connectivity index (χ0n) is 14.7. The average molecular weight is 359 g/mol. The van der Waals surface area contributed by atoms with E-state index >= 15 is 0 Å². The maximum Gasteiger partial charge on any atom is 0.356 e. The van der Waals surface area contributed by atoms with Crippen LogP contribution in [-0.2, 0) is 19.5 Å². The standard InChI is InChI=1S/C18H21N3O5/c1-11-3-4-12(15(9-11)26-2)17(23)20-6-5-14-13(10-20)16(18(24)25)19-21(14)7-8-22/h3-4,9,22H,5-8,10H2,1-2H3,(H,24,25). The van der Waals surface area contributed by atoms with Gasteiger partial charge in [-0.1, -0.05) is 6.07 Å². The van der Waals surface area contributed by atoms with Crippen LogP contribution in [0.15, 0.2) is 18.2 Å². The van der Waals surface area contributed by atoms with Gasteiger partial charge in [0.05, 0.1) is 32.4 Å². The van der Waals surface area contributed by atoms with Crippen LogP contribution in [0.25, 0.3) is 0 Å². The van der Waals surface area contributed by atoms with Crippen molar-refractivity contribution in [3.63, 3.8) is 0 Å². The van der Waals surface area contributed by atoms with E-state index in [4.69, 9.17) is 9.84 Å². The van der Waals surface area contributed by atoms with Gasteiger partial charge in [-0.15, -0.1) is 0 Å². The Morgan fingerprint density at radius 3 is 2.77 bits per heavy atom. The van der Waals surface area contributed by atoms with Gasteiger partial charge in [0, 0.05) is 24.2 Å². The summed E-state index contributed by atoms with van der Waals surface area (Å²) in [6, 6.07) is 5.36. The molecule has 3 rings (SSSR count). The molecule has 138 valence electrons. The van der Waals surface area contributed by atoms with Crippen molar-refractivity contribution >= 4 is 11.9 Å². The Balaban J connectivity index is 1.93. The Morgan fingerprint density at radius 2 is 2.12 bits per heavy atom. The molecule has 8 heteroatoms. The molecule has 0 saturated heterocycles. The van der Waals surface area contributed by atoms with Crippen molar-refractivity contribution in [2.24, 2.45) is 0 Å². The number of rotatable bonds is 5. The molecule has 0 atom stereocenters. The molecule has 1 aromatic carbocycles. The first-order valence-corrected chi connectivity index (χ1v) is 8.33. The number of amides is 1. The predicted molar refractivity (Wildman–Crippen MR) is 92.4 cm³/mol. The molecule has 0 saturated carbocycles. The van der Waals surface area contributed by atoms with E-state index in [1.165, 1.54) is 11.8 Å². The minimum Gasteiger partial charge on any atom is -0.496 e. The van der Waals surface area contributed by atoms with E-state index in [0.29, 0.717) is 29.8 Å². The number of nitrogens with zero attached hydrogens (tertiary/aromatic N) is 3. The number of aromatic nitrogens is 2. The van der Waals surface area contributed by atoms with Crippen LogP contribution in [-0.4, -0.2) is 57.0 Å². The fraction of sp³-hybridized carbons (Fsp3) is 0.389. The van der Waals surface area contributed by atoms with Gasteiger partial charge in [0.1, 0.15) is 5.75 Å². The Morgan fingerprint density at radius 1 is 1.35 bits per heavy atom. The Labute approximate surface area is 150 Å². The molecule has 0 bridgehead atoms. The maximum absolute atomic E-state index is 12.9. The third-order valence-electron chi connectivity index (χ3n) is 4.52. The van der Waals surface area contributed by atoms with Crippen molar-refractivity contribution in [2.45, 2.75) is 26.4 Å². The van der Waals surface area contributed by atoms with E-state index in [1.54, 1.807) is 17.0 Å². The van der Waals surface area contributed by atoms with Gasteiger partial charge in [-0.25, -0.2) is 4.79 Å². The molecule has 2 N–H and O–H groups in total. The fourth-order valence-electron chi connectivity index (χ4n) is 3.26. The lowest BCUT2D eigenvalue weighted by Crippen LogP contribution is -2.37. The number of aromatic carboxylic acids is 1. The van der Waals surface area contributed by atoms with E-state index in [2.05, 4.69) is 5.10 Å². The lowest BCUT2D eigenvalue weighted by atomic mass is 10.0. The topological polar surface area (TPSA) is 105 Å². The number of aliphatic hydroxyl groups is 1. The van der Waals surface area contributed by atoms with Gasteiger partial charge in [0.15, 0.2) is 5.69 Å². The number of carbonyl (C=O) groups excluding carboxylic acids is 1. The molecule has 2 aromatic rings. The summed E-state index contributed by atoms with van der Waals surface area (Å²) in [6.45, 7) is 2.63. The molecule has 1 amide bonds. The van der Waals surface area contributed by atoms with Crippen LogP contribution in [0.2, 0.25) is 0 Å². The van der Waals surface area contributed by atoms with E-state index in [0.717, 1.165) is 11.3 Å². The molecule has 0 unspecified atom stereocenters. The normalized spacial score (nSPS) is 13.4. The minimum atomic E-state index is -1.14. The smallest absolute Gasteiger partial charge is 0.356 e. The molecule has 0 fully saturated rings. The Bertz CT molecular complexity index is 859. The summed E-state index contributed by atoms with van der Waals surface area (Å²) in [7, 11) is 1.52. The predicted octanol–water partition coefficient (Wildman–Crippen LogP) is 1.09. The minimum absolute atomic E-state index is 0.0678. The largest absolute Gasteiger partial charge is 0.496 e. The van der Waals surface area contributed by atoms with Crippen molar-refractivity contribution in [1.29, 1.82) is 0 Å². The summed E-state index contributed by atoms with van der Waals surface area (Å²) in [5, 5.41) is 22.7. The number of carbonyl (C=O) groups is 2. The molecule has 1 aliphatic rings. The first-order chi connectivity index (χ1) is 12.5. The van der Waals surface area contributed by atoms with Crippen LogP contribution in [0.4, 0.5) is 0 Å². The Hall–Kier alpha value is -2.87. The number of benzene rings is 1. The number of aliphatic hydroxyl groups excluding tert-OH is 1. The number of hydrogen-bond donors (Lipinski definition) is 2. The highest BCUT2D eigenvalue weighted by molar-refractivity contribution is 5.97. The quantitative estimate of drug-likeness (QED) is 0.828. The maximum atomic E-state index is 12.9. The van der Waals surface area contributed by atoms with Crippen LogP contribution >= 0.6 is 0 Å². The van der Waals surface area contributed by atoms with Gasteiger partial charge in [-0.05, 0) is 24.6 Å². The van der Waals surface area contributed by atoms with Crippen LogP contribution in [0.3, 0.4) is 0 Å². The molecule has 8 nitrogen and oxygen atoms in total. The summed E-state index contributed by atoms with van der Waals surface area (Å²) in [4.78, 5) is 26.1.